The van der Waals surface area contributed by atoms with Gasteiger partial charge in [0.05, 0.1) is 17.6 Å². The van der Waals surface area contributed by atoms with Gasteiger partial charge in [-0.15, -0.1) is 0 Å². The van der Waals surface area contributed by atoms with Gasteiger partial charge in [0.15, 0.2) is 11.6 Å². The van der Waals surface area contributed by atoms with Crippen molar-refractivity contribution in [1.82, 2.24) is 10.3 Å². The number of benzene rings is 2. The number of rotatable bonds is 8. The summed E-state index contributed by atoms with van der Waals surface area (Å²) >= 11 is 0. The summed E-state index contributed by atoms with van der Waals surface area (Å²) in [6.45, 7) is 7.16. The topological polar surface area (TPSA) is 60.2 Å². The standard InChI is InChI=1S/C23H24FN3O/c1-16-5-3-4-6-19(16)11-12-26-14-18-7-10-23(21(24)13-18)28-20-8-9-22(17(2)25)27-15-20/h3-10,13,15,26H,2,11-12,14,25H2,1H3. The molecule has 0 atom stereocenters. The van der Waals surface area contributed by atoms with Gasteiger partial charge in [-0.1, -0.05) is 36.9 Å². The van der Waals surface area contributed by atoms with Gasteiger partial charge in [0.1, 0.15) is 5.75 Å². The molecule has 0 aliphatic rings. The molecule has 0 spiro atoms. The van der Waals surface area contributed by atoms with Crippen molar-refractivity contribution >= 4 is 5.70 Å². The van der Waals surface area contributed by atoms with E-state index in [9.17, 15) is 4.39 Å². The maximum absolute atomic E-state index is 14.4. The van der Waals surface area contributed by atoms with E-state index < -0.39 is 5.82 Å². The first-order valence-electron chi connectivity index (χ1n) is 9.15. The molecule has 0 fully saturated rings. The summed E-state index contributed by atoms with van der Waals surface area (Å²) in [4.78, 5) is 4.12. The van der Waals surface area contributed by atoms with Gasteiger partial charge in [-0.05, 0) is 60.8 Å². The summed E-state index contributed by atoms with van der Waals surface area (Å²) in [5, 5.41) is 3.35. The Morgan fingerprint density at radius 3 is 2.68 bits per heavy atom. The van der Waals surface area contributed by atoms with Crippen LogP contribution in [0.2, 0.25) is 0 Å². The molecule has 2 aromatic carbocycles. The van der Waals surface area contributed by atoms with Crippen LogP contribution in [0.5, 0.6) is 11.5 Å². The Bertz CT molecular complexity index is 954. The number of nitrogens with one attached hydrogen (secondary N) is 1. The maximum atomic E-state index is 14.4. The van der Waals surface area contributed by atoms with Crippen molar-refractivity contribution in [2.24, 2.45) is 5.73 Å². The van der Waals surface area contributed by atoms with Crippen LogP contribution in [0.1, 0.15) is 22.4 Å². The van der Waals surface area contributed by atoms with Gasteiger partial charge in [0.25, 0.3) is 0 Å². The third kappa shape index (κ3) is 5.18. The highest BCUT2D eigenvalue weighted by molar-refractivity contribution is 5.56. The molecule has 144 valence electrons. The lowest BCUT2D eigenvalue weighted by Crippen LogP contribution is -2.17. The zero-order valence-electron chi connectivity index (χ0n) is 15.9. The van der Waals surface area contributed by atoms with Crippen LogP contribution < -0.4 is 15.8 Å². The molecule has 0 saturated heterocycles. The molecule has 1 aromatic heterocycles. The molecule has 0 radical (unpaired) electrons. The lowest BCUT2D eigenvalue weighted by molar-refractivity contribution is 0.439. The summed E-state index contributed by atoms with van der Waals surface area (Å²) in [5.74, 6) is 0.184. The fraction of sp³-hybridized carbons (Fsp3) is 0.174. The average Bonchev–Trinajstić information content (AvgIpc) is 2.69. The Hall–Kier alpha value is -3.18. The van der Waals surface area contributed by atoms with Crippen LogP contribution in [-0.4, -0.2) is 11.5 Å². The van der Waals surface area contributed by atoms with E-state index in [0.29, 0.717) is 23.7 Å². The van der Waals surface area contributed by atoms with E-state index in [1.165, 1.54) is 23.4 Å². The molecule has 0 aliphatic carbocycles. The summed E-state index contributed by atoms with van der Waals surface area (Å²) in [6, 6.07) is 16.7. The van der Waals surface area contributed by atoms with Crippen molar-refractivity contribution in [3.8, 4) is 11.5 Å². The number of halogens is 1. The highest BCUT2D eigenvalue weighted by Gasteiger charge is 2.07. The Morgan fingerprint density at radius 1 is 1.18 bits per heavy atom. The van der Waals surface area contributed by atoms with E-state index in [1.54, 1.807) is 18.2 Å². The van der Waals surface area contributed by atoms with E-state index in [0.717, 1.165) is 18.5 Å². The van der Waals surface area contributed by atoms with Gasteiger partial charge in [0.2, 0.25) is 0 Å². The zero-order valence-corrected chi connectivity index (χ0v) is 15.9. The van der Waals surface area contributed by atoms with Gasteiger partial charge >= 0.3 is 0 Å². The fourth-order valence-corrected chi connectivity index (χ4v) is 2.84. The average molecular weight is 377 g/mol. The largest absolute Gasteiger partial charge is 0.453 e. The fourth-order valence-electron chi connectivity index (χ4n) is 2.84. The Kier molecular flexibility index (Phi) is 6.40. The van der Waals surface area contributed by atoms with Crippen LogP contribution in [0, 0.1) is 12.7 Å². The van der Waals surface area contributed by atoms with Crippen LogP contribution in [0.4, 0.5) is 4.39 Å². The van der Waals surface area contributed by atoms with Crippen molar-refractivity contribution in [2.45, 2.75) is 19.9 Å². The van der Waals surface area contributed by atoms with Gasteiger partial charge < -0.3 is 15.8 Å². The van der Waals surface area contributed by atoms with Gasteiger partial charge in [-0.3, -0.25) is 4.98 Å². The quantitative estimate of drug-likeness (QED) is 0.564. The van der Waals surface area contributed by atoms with Gasteiger partial charge in [-0.25, -0.2) is 4.39 Å². The Balaban J connectivity index is 1.53. The predicted octanol–water partition coefficient (Wildman–Crippen LogP) is 4.58. The normalized spacial score (nSPS) is 10.6. The molecule has 0 amide bonds. The lowest BCUT2D eigenvalue weighted by atomic mass is 10.1. The molecule has 0 bridgehead atoms. The number of nitrogens with zero attached hydrogens (tertiary/aromatic N) is 1. The molecular weight excluding hydrogens is 353 g/mol. The van der Waals surface area contributed by atoms with Crippen LogP contribution in [0.15, 0.2) is 67.4 Å². The van der Waals surface area contributed by atoms with Crippen LogP contribution in [0.3, 0.4) is 0 Å². The zero-order chi connectivity index (χ0) is 19.9. The van der Waals surface area contributed by atoms with Crippen LogP contribution in [0.25, 0.3) is 5.70 Å². The maximum Gasteiger partial charge on any atom is 0.166 e. The lowest BCUT2D eigenvalue weighted by Gasteiger charge is -2.10. The monoisotopic (exact) mass is 377 g/mol. The Morgan fingerprint density at radius 2 is 2.00 bits per heavy atom. The number of aryl methyl sites for hydroxylation is 1. The van der Waals surface area contributed by atoms with E-state index in [4.69, 9.17) is 10.5 Å². The minimum Gasteiger partial charge on any atom is -0.453 e. The summed E-state index contributed by atoms with van der Waals surface area (Å²) in [5.41, 5.74) is 10.00. The molecule has 4 nitrogen and oxygen atoms in total. The minimum absolute atomic E-state index is 0.157. The van der Waals surface area contributed by atoms with Gasteiger partial charge in [-0.2, -0.15) is 0 Å². The van der Waals surface area contributed by atoms with E-state index >= 15 is 0 Å². The number of nitrogens with two attached hydrogens (primary N) is 1. The highest BCUT2D eigenvalue weighted by atomic mass is 19.1. The second kappa shape index (κ2) is 9.15. The predicted molar refractivity (Wildman–Crippen MR) is 111 cm³/mol. The number of aromatic nitrogens is 1. The van der Waals surface area contributed by atoms with Crippen LogP contribution in [-0.2, 0) is 13.0 Å². The second-order valence-corrected chi connectivity index (χ2v) is 6.62. The molecular formula is C23H24FN3O. The molecule has 28 heavy (non-hydrogen) atoms. The first kappa shape index (κ1) is 19.6. The molecule has 3 aromatic rings. The third-order valence-corrected chi connectivity index (χ3v) is 4.45. The van der Waals surface area contributed by atoms with E-state index in [-0.39, 0.29) is 5.75 Å². The minimum atomic E-state index is -0.412. The van der Waals surface area contributed by atoms with Crippen molar-refractivity contribution < 1.29 is 9.13 Å². The smallest absolute Gasteiger partial charge is 0.166 e. The first-order valence-corrected chi connectivity index (χ1v) is 9.15. The summed E-state index contributed by atoms with van der Waals surface area (Å²) in [7, 11) is 0. The molecule has 3 rings (SSSR count). The number of hydrogen-bond acceptors (Lipinski definition) is 4. The van der Waals surface area contributed by atoms with Crippen molar-refractivity contribution in [3.05, 3.63) is 95.6 Å². The van der Waals surface area contributed by atoms with Crippen molar-refractivity contribution in [3.63, 3.8) is 0 Å². The molecule has 5 heteroatoms. The Labute approximate surface area is 164 Å². The first-order chi connectivity index (χ1) is 13.5. The summed E-state index contributed by atoms with van der Waals surface area (Å²) in [6.07, 6.45) is 2.43. The SMILES string of the molecule is C=C(N)c1ccc(Oc2ccc(CNCCc3ccccc3C)cc2F)cn1. The van der Waals surface area contributed by atoms with E-state index in [1.807, 2.05) is 18.2 Å². The molecule has 1 heterocycles. The number of pyridine rings is 1. The molecule has 3 N–H and O–H groups in total. The molecule has 0 unspecified atom stereocenters. The van der Waals surface area contributed by atoms with Gasteiger partial charge in [0, 0.05) is 6.54 Å². The number of ether oxygens (including phenoxy) is 1. The number of hydrogen-bond donors (Lipinski definition) is 2. The van der Waals surface area contributed by atoms with Crippen molar-refractivity contribution in [2.75, 3.05) is 6.54 Å². The third-order valence-electron chi connectivity index (χ3n) is 4.45. The highest BCUT2D eigenvalue weighted by Crippen LogP contribution is 2.25. The van der Waals surface area contributed by atoms with Crippen molar-refractivity contribution in [1.29, 1.82) is 0 Å². The second-order valence-electron chi connectivity index (χ2n) is 6.62. The molecule has 0 saturated carbocycles. The van der Waals surface area contributed by atoms with E-state index in [2.05, 4.69) is 35.9 Å². The summed E-state index contributed by atoms with van der Waals surface area (Å²) < 4.78 is 19.9. The van der Waals surface area contributed by atoms with Crippen LogP contribution >= 0.6 is 0 Å². The molecule has 0 aliphatic heterocycles.